The zero-order valence-corrected chi connectivity index (χ0v) is 18.9. The molecule has 1 aliphatic rings. The van der Waals surface area contributed by atoms with Crippen molar-refractivity contribution >= 4 is 40.3 Å². The van der Waals surface area contributed by atoms with Crippen LogP contribution in [-0.2, 0) is 4.79 Å². The molecular weight excluding hydrogens is 426 g/mol. The van der Waals surface area contributed by atoms with Crippen molar-refractivity contribution < 1.29 is 9.53 Å². The van der Waals surface area contributed by atoms with Gasteiger partial charge in [0.25, 0.3) is 5.91 Å². The second-order valence-corrected chi connectivity index (χ2v) is 8.71. The number of carbonyl (C=O) groups is 1. The molecule has 0 unspecified atom stereocenters. The van der Waals surface area contributed by atoms with Crippen LogP contribution >= 0.6 is 24.0 Å². The van der Waals surface area contributed by atoms with Crippen molar-refractivity contribution in [2.24, 2.45) is 0 Å². The van der Waals surface area contributed by atoms with Crippen LogP contribution in [0.2, 0.25) is 0 Å². The Morgan fingerprint density at radius 2 is 2.00 bits per heavy atom. The molecule has 0 atom stereocenters. The third kappa shape index (κ3) is 4.33. The van der Waals surface area contributed by atoms with Crippen LogP contribution in [0.25, 0.3) is 23.0 Å². The Morgan fingerprint density at radius 1 is 1.23 bits per heavy atom. The number of nitrogens with zero attached hydrogens (tertiary/aromatic N) is 3. The van der Waals surface area contributed by atoms with E-state index in [2.05, 4.69) is 6.58 Å². The Hall–Kier alpha value is -3.16. The lowest BCUT2D eigenvalue weighted by atomic mass is 10.0. The number of likely N-dealkylation sites (N-methyl/N-ethyl adjacent to an activating group) is 1. The van der Waals surface area contributed by atoms with E-state index in [1.165, 1.54) is 16.7 Å². The first kappa shape index (κ1) is 21.1. The van der Waals surface area contributed by atoms with Gasteiger partial charge in [-0.2, -0.15) is 5.10 Å². The summed E-state index contributed by atoms with van der Waals surface area (Å²) in [4.78, 5) is 14.6. The van der Waals surface area contributed by atoms with Crippen LogP contribution in [-0.4, -0.2) is 38.6 Å². The number of aromatic nitrogens is 2. The van der Waals surface area contributed by atoms with E-state index < -0.39 is 0 Å². The average molecular weight is 448 g/mol. The van der Waals surface area contributed by atoms with E-state index in [0.717, 1.165) is 33.8 Å². The van der Waals surface area contributed by atoms with Crippen LogP contribution in [0.3, 0.4) is 0 Å². The van der Waals surface area contributed by atoms with Gasteiger partial charge >= 0.3 is 0 Å². The van der Waals surface area contributed by atoms with Crippen molar-refractivity contribution in [3.63, 3.8) is 0 Å². The Bertz CT molecular complexity index is 1200. The van der Waals surface area contributed by atoms with Crippen molar-refractivity contribution in [3.8, 4) is 22.7 Å². The molecule has 156 valence electrons. The maximum absolute atomic E-state index is 12.5. The van der Waals surface area contributed by atoms with Gasteiger partial charge in [-0.25, -0.2) is 4.68 Å². The van der Waals surface area contributed by atoms with Crippen LogP contribution in [0, 0.1) is 6.92 Å². The van der Waals surface area contributed by atoms with Gasteiger partial charge in [0, 0.05) is 24.4 Å². The molecule has 1 saturated heterocycles. The topological polar surface area (TPSA) is 47.4 Å². The minimum absolute atomic E-state index is 0.0993. The van der Waals surface area contributed by atoms with E-state index in [1.54, 1.807) is 13.1 Å². The molecule has 5 nitrogen and oxygen atoms in total. The van der Waals surface area contributed by atoms with Crippen LogP contribution in [0.1, 0.15) is 11.1 Å². The highest BCUT2D eigenvalue weighted by atomic mass is 32.2. The predicted octanol–water partition coefficient (Wildman–Crippen LogP) is 5.24. The van der Waals surface area contributed by atoms with Gasteiger partial charge in [-0.1, -0.05) is 54.8 Å². The predicted molar refractivity (Wildman–Crippen MR) is 130 cm³/mol. The van der Waals surface area contributed by atoms with Gasteiger partial charge in [-0.3, -0.25) is 9.69 Å². The number of ether oxygens (including phenoxy) is 1. The molecule has 7 heteroatoms. The van der Waals surface area contributed by atoms with Crippen molar-refractivity contribution in [2.45, 2.75) is 6.92 Å². The summed E-state index contributed by atoms with van der Waals surface area (Å²) in [5.41, 5.74) is 4.51. The SMILES string of the molecule is C=CCOc1ccc(-c2nn(-c3ccccc3)cc2C=C2SC(=S)N(C)C2=O)cc1C. The fraction of sp³-hybridized carbons (Fsp3) is 0.125. The second-order valence-electron chi connectivity index (χ2n) is 7.03. The van der Waals surface area contributed by atoms with Crippen LogP contribution < -0.4 is 4.74 Å². The van der Waals surface area contributed by atoms with Gasteiger partial charge < -0.3 is 4.74 Å². The quantitative estimate of drug-likeness (QED) is 0.294. The lowest BCUT2D eigenvalue weighted by Crippen LogP contribution is -2.22. The number of thioether (sulfide) groups is 1. The molecule has 2 heterocycles. The lowest BCUT2D eigenvalue weighted by molar-refractivity contribution is -0.121. The number of aryl methyl sites for hydroxylation is 1. The smallest absolute Gasteiger partial charge is 0.265 e. The third-order valence-electron chi connectivity index (χ3n) is 4.84. The van der Waals surface area contributed by atoms with Crippen LogP contribution in [0.15, 0.2) is 72.3 Å². The Morgan fingerprint density at radius 3 is 2.65 bits per heavy atom. The Labute approximate surface area is 191 Å². The number of hydrogen-bond acceptors (Lipinski definition) is 5. The molecule has 0 saturated carbocycles. The second kappa shape index (κ2) is 8.91. The van der Waals surface area contributed by atoms with Crippen molar-refractivity contribution in [3.05, 3.63) is 83.4 Å². The van der Waals surface area contributed by atoms with Crippen molar-refractivity contribution in [1.82, 2.24) is 14.7 Å². The highest BCUT2D eigenvalue weighted by Crippen LogP contribution is 2.35. The Balaban J connectivity index is 1.80. The van der Waals surface area contributed by atoms with Gasteiger partial charge in [0.1, 0.15) is 22.4 Å². The lowest BCUT2D eigenvalue weighted by Gasteiger charge is -2.09. The summed E-state index contributed by atoms with van der Waals surface area (Å²) in [5.74, 6) is 0.706. The first-order valence-electron chi connectivity index (χ1n) is 9.69. The molecule has 0 radical (unpaired) electrons. The summed E-state index contributed by atoms with van der Waals surface area (Å²) >= 11 is 6.57. The molecule has 4 rings (SSSR count). The van der Waals surface area contributed by atoms with Crippen LogP contribution in [0.5, 0.6) is 5.75 Å². The molecule has 31 heavy (non-hydrogen) atoms. The van der Waals surface area contributed by atoms with Crippen molar-refractivity contribution in [2.75, 3.05) is 13.7 Å². The number of para-hydroxylation sites is 1. The van der Waals surface area contributed by atoms with E-state index in [9.17, 15) is 4.79 Å². The summed E-state index contributed by atoms with van der Waals surface area (Å²) < 4.78 is 8.08. The van der Waals surface area contributed by atoms with Gasteiger partial charge in [0.2, 0.25) is 0 Å². The summed E-state index contributed by atoms with van der Waals surface area (Å²) in [6.45, 7) is 6.14. The highest BCUT2D eigenvalue weighted by Gasteiger charge is 2.29. The molecule has 2 aromatic carbocycles. The monoisotopic (exact) mass is 447 g/mol. The van der Waals surface area contributed by atoms with E-state index >= 15 is 0 Å². The summed E-state index contributed by atoms with van der Waals surface area (Å²) in [6.07, 6.45) is 5.52. The maximum atomic E-state index is 12.5. The number of benzene rings is 2. The standard InChI is InChI=1S/C24H21N3O2S2/c1-4-12-29-20-11-10-17(13-16(20)2)22-18(14-21-23(28)26(3)24(30)31-21)15-27(25-22)19-8-6-5-7-9-19/h4-11,13-15H,1,12H2,2-3H3. The minimum atomic E-state index is -0.0993. The molecule has 3 aromatic rings. The number of rotatable bonds is 6. The maximum Gasteiger partial charge on any atom is 0.265 e. The molecular formula is C24H21N3O2S2. The van der Waals surface area contributed by atoms with Gasteiger partial charge in [-0.05, 0) is 48.9 Å². The molecule has 0 bridgehead atoms. The molecule has 1 fully saturated rings. The van der Waals surface area contributed by atoms with Crippen LogP contribution in [0.4, 0.5) is 0 Å². The first-order chi connectivity index (χ1) is 15.0. The molecule has 0 aliphatic carbocycles. The number of amides is 1. The fourth-order valence-corrected chi connectivity index (χ4v) is 4.39. The number of hydrogen-bond donors (Lipinski definition) is 0. The fourth-order valence-electron chi connectivity index (χ4n) is 3.22. The number of thiocarbonyl (C=S) groups is 1. The van der Waals surface area contributed by atoms with Gasteiger partial charge in [-0.15, -0.1) is 0 Å². The van der Waals surface area contributed by atoms with Gasteiger partial charge in [0.05, 0.1) is 10.6 Å². The van der Waals surface area contributed by atoms with E-state index in [0.29, 0.717) is 15.8 Å². The molecule has 1 aliphatic heterocycles. The zero-order chi connectivity index (χ0) is 22.0. The highest BCUT2D eigenvalue weighted by molar-refractivity contribution is 8.26. The molecule has 0 spiro atoms. The average Bonchev–Trinajstić information content (AvgIpc) is 3.30. The summed E-state index contributed by atoms with van der Waals surface area (Å²) in [7, 11) is 1.69. The van der Waals surface area contributed by atoms with E-state index in [4.69, 9.17) is 22.1 Å². The van der Waals surface area contributed by atoms with Crippen molar-refractivity contribution in [1.29, 1.82) is 0 Å². The summed E-state index contributed by atoms with van der Waals surface area (Å²) in [5, 5.41) is 4.84. The minimum Gasteiger partial charge on any atom is -0.489 e. The summed E-state index contributed by atoms with van der Waals surface area (Å²) in [6, 6.07) is 15.8. The third-order valence-corrected chi connectivity index (χ3v) is 6.33. The zero-order valence-electron chi connectivity index (χ0n) is 17.2. The molecule has 1 amide bonds. The van der Waals surface area contributed by atoms with E-state index in [-0.39, 0.29) is 5.91 Å². The normalized spacial score (nSPS) is 15.0. The molecule has 1 aromatic heterocycles. The first-order valence-corrected chi connectivity index (χ1v) is 10.9. The van der Waals surface area contributed by atoms with Gasteiger partial charge in [0.15, 0.2) is 0 Å². The largest absolute Gasteiger partial charge is 0.489 e. The Kier molecular flexibility index (Phi) is 6.06. The number of carbonyl (C=O) groups excluding carboxylic acids is 1. The van der Waals surface area contributed by atoms with E-state index in [1.807, 2.05) is 72.4 Å². The molecule has 0 N–H and O–H groups in total.